The van der Waals surface area contributed by atoms with E-state index in [9.17, 15) is 15.3 Å². The van der Waals surface area contributed by atoms with Crippen LogP contribution in [0, 0.1) is 40.4 Å². The molecule has 0 spiro atoms. The highest BCUT2D eigenvalue weighted by Crippen LogP contribution is 2.67. The molecule has 10 atom stereocenters. The second-order valence-corrected chi connectivity index (χ2v) is 11.8. The standard InChI is InChI=1S/C27H44O3/c1-6-17(2)7-8-18(3)21-9-10-22-20-15-24(29)27(30)16-19(28)11-14-26(27,5)23(20)12-13-25(21,22)4/h7-8,15,17-19,21-24,28-30H,6,9-14,16H2,1-5H3/b8-7+/t17?,18-,19+,21-,22?,23?,24-,25-,26-,27+/m1/s1. The molecule has 0 aromatic heterocycles. The zero-order chi connectivity index (χ0) is 21.9. The molecule has 0 amide bonds. The zero-order valence-electron chi connectivity index (χ0n) is 19.8. The van der Waals surface area contributed by atoms with Gasteiger partial charge in [0, 0.05) is 11.8 Å². The molecule has 0 heterocycles. The van der Waals surface area contributed by atoms with Crippen molar-refractivity contribution in [1.82, 2.24) is 0 Å². The molecule has 4 aliphatic carbocycles. The summed E-state index contributed by atoms with van der Waals surface area (Å²) in [5.74, 6) is 2.76. The monoisotopic (exact) mass is 416 g/mol. The lowest BCUT2D eigenvalue weighted by atomic mass is 9.45. The highest BCUT2D eigenvalue weighted by molar-refractivity contribution is 5.33. The Balaban J connectivity index is 1.63. The SMILES string of the molecule is CCC(C)/C=C/[C@@H](C)[C@H]1CCC2C3=C[C@@H](O)[C@@]4(O)C[C@@H](O)CC[C@]4(C)C3CC[C@@]21C. The summed E-state index contributed by atoms with van der Waals surface area (Å²) in [6, 6.07) is 0. The number of hydrogen-bond acceptors (Lipinski definition) is 3. The average Bonchev–Trinajstić information content (AvgIpc) is 3.06. The molecule has 0 saturated heterocycles. The Labute approximate surface area is 183 Å². The molecule has 170 valence electrons. The number of rotatable bonds is 4. The summed E-state index contributed by atoms with van der Waals surface area (Å²) in [6.45, 7) is 11.6. The van der Waals surface area contributed by atoms with Gasteiger partial charge in [-0.15, -0.1) is 0 Å². The first-order valence-electron chi connectivity index (χ1n) is 12.5. The number of aliphatic hydroxyl groups excluding tert-OH is 2. The molecule has 0 bridgehead atoms. The number of allylic oxidation sites excluding steroid dienone is 3. The number of aliphatic hydroxyl groups is 3. The van der Waals surface area contributed by atoms with Crippen molar-refractivity contribution in [3.63, 3.8) is 0 Å². The fourth-order valence-corrected chi connectivity index (χ4v) is 8.09. The van der Waals surface area contributed by atoms with E-state index in [4.69, 9.17) is 0 Å². The van der Waals surface area contributed by atoms with Crippen LogP contribution < -0.4 is 0 Å². The van der Waals surface area contributed by atoms with Gasteiger partial charge < -0.3 is 15.3 Å². The predicted octanol–water partition coefficient (Wildman–Crippen LogP) is 5.25. The Morgan fingerprint density at radius 1 is 1.03 bits per heavy atom. The summed E-state index contributed by atoms with van der Waals surface area (Å²) < 4.78 is 0. The van der Waals surface area contributed by atoms with Crippen LogP contribution >= 0.6 is 0 Å². The van der Waals surface area contributed by atoms with Crippen molar-refractivity contribution in [2.45, 2.75) is 104 Å². The van der Waals surface area contributed by atoms with Gasteiger partial charge in [-0.2, -0.15) is 0 Å². The van der Waals surface area contributed by atoms with Gasteiger partial charge in [-0.1, -0.05) is 64.8 Å². The summed E-state index contributed by atoms with van der Waals surface area (Å²) >= 11 is 0. The minimum atomic E-state index is -1.20. The van der Waals surface area contributed by atoms with Crippen molar-refractivity contribution in [3.8, 4) is 0 Å². The smallest absolute Gasteiger partial charge is 0.102 e. The zero-order valence-corrected chi connectivity index (χ0v) is 19.8. The van der Waals surface area contributed by atoms with Gasteiger partial charge in [0.2, 0.25) is 0 Å². The quantitative estimate of drug-likeness (QED) is 0.549. The fraction of sp³-hybridized carbons (Fsp3) is 0.852. The molecule has 0 aromatic carbocycles. The average molecular weight is 417 g/mol. The molecule has 4 aliphatic rings. The van der Waals surface area contributed by atoms with Crippen molar-refractivity contribution < 1.29 is 15.3 Å². The van der Waals surface area contributed by atoms with E-state index in [-0.39, 0.29) is 10.8 Å². The van der Waals surface area contributed by atoms with Crippen molar-refractivity contribution >= 4 is 0 Å². The van der Waals surface area contributed by atoms with Crippen LogP contribution in [-0.4, -0.2) is 33.1 Å². The maximum absolute atomic E-state index is 11.6. The van der Waals surface area contributed by atoms with E-state index in [1.54, 1.807) is 0 Å². The lowest BCUT2D eigenvalue weighted by Gasteiger charge is -2.62. The third-order valence-electron chi connectivity index (χ3n) is 10.3. The van der Waals surface area contributed by atoms with E-state index in [1.807, 2.05) is 6.08 Å². The van der Waals surface area contributed by atoms with E-state index >= 15 is 0 Å². The van der Waals surface area contributed by atoms with Crippen molar-refractivity contribution in [1.29, 1.82) is 0 Å². The summed E-state index contributed by atoms with van der Waals surface area (Å²) in [6.07, 6.45) is 13.3. The molecule has 0 aliphatic heterocycles. The Bertz CT molecular complexity index is 713. The van der Waals surface area contributed by atoms with Gasteiger partial charge in [0.15, 0.2) is 0 Å². The van der Waals surface area contributed by atoms with Gasteiger partial charge in [-0.05, 0) is 73.5 Å². The second kappa shape index (κ2) is 7.74. The fourth-order valence-electron chi connectivity index (χ4n) is 8.09. The molecule has 4 rings (SSSR count). The summed E-state index contributed by atoms with van der Waals surface area (Å²) in [5, 5.41) is 32.9. The first-order valence-corrected chi connectivity index (χ1v) is 12.5. The Morgan fingerprint density at radius 3 is 2.47 bits per heavy atom. The van der Waals surface area contributed by atoms with E-state index < -0.39 is 17.8 Å². The normalized spacial score (nSPS) is 50.4. The predicted molar refractivity (Wildman–Crippen MR) is 122 cm³/mol. The maximum Gasteiger partial charge on any atom is 0.102 e. The summed E-state index contributed by atoms with van der Waals surface area (Å²) in [7, 11) is 0. The largest absolute Gasteiger partial charge is 0.393 e. The molecule has 3 unspecified atom stereocenters. The molecule has 3 heteroatoms. The molecule has 3 nitrogen and oxygen atoms in total. The van der Waals surface area contributed by atoms with Gasteiger partial charge in [-0.25, -0.2) is 0 Å². The maximum atomic E-state index is 11.6. The third kappa shape index (κ3) is 3.18. The first-order chi connectivity index (χ1) is 14.1. The van der Waals surface area contributed by atoms with Gasteiger partial charge in [0.05, 0.1) is 6.10 Å². The van der Waals surface area contributed by atoms with Crippen LogP contribution in [0.1, 0.15) is 86.0 Å². The number of hydrogen-bond donors (Lipinski definition) is 3. The third-order valence-corrected chi connectivity index (χ3v) is 10.3. The molecule has 0 radical (unpaired) electrons. The summed E-state index contributed by atoms with van der Waals surface area (Å²) in [4.78, 5) is 0. The van der Waals surface area contributed by atoms with Crippen LogP contribution in [0.3, 0.4) is 0 Å². The summed E-state index contributed by atoms with van der Waals surface area (Å²) in [5.41, 5.74) is 0.176. The van der Waals surface area contributed by atoms with E-state index in [0.29, 0.717) is 36.0 Å². The van der Waals surface area contributed by atoms with Crippen LogP contribution in [0.2, 0.25) is 0 Å². The first kappa shape index (κ1) is 22.6. The Hall–Kier alpha value is -0.640. The van der Waals surface area contributed by atoms with Gasteiger partial charge in [0.1, 0.15) is 11.7 Å². The van der Waals surface area contributed by atoms with Crippen LogP contribution in [0.25, 0.3) is 0 Å². The minimum absolute atomic E-state index is 0.279. The molecular weight excluding hydrogens is 372 g/mol. The van der Waals surface area contributed by atoms with Crippen LogP contribution in [-0.2, 0) is 0 Å². The molecule has 30 heavy (non-hydrogen) atoms. The van der Waals surface area contributed by atoms with E-state index in [2.05, 4.69) is 46.8 Å². The topological polar surface area (TPSA) is 60.7 Å². The highest BCUT2D eigenvalue weighted by Gasteiger charge is 2.64. The van der Waals surface area contributed by atoms with Gasteiger partial charge in [0.25, 0.3) is 0 Å². The number of fused-ring (bicyclic) bond motifs is 5. The van der Waals surface area contributed by atoms with Crippen molar-refractivity contribution in [3.05, 3.63) is 23.8 Å². The molecule has 0 aromatic rings. The second-order valence-electron chi connectivity index (χ2n) is 11.8. The lowest BCUT2D eigenvalue weighted by molar-refractivity contribution is -0.210. The Morgan fingerprint density at radius 2 is 1.77 bits per heavy atom. The molecular formula is C27H44O3. The van der Waals surface area contributed by atoms with Crippen molar-refractivity contribution in [2.24, 2.45) is 40.4 Å². The van der Waals surface area contributed by atoms with E-state index in [0.717, 1.165) is 19.3 Å². The van der Waals surface area contributed by atoms with Gasteiger partial charge in [-0.3, -0.25) is 0 Å². The van der Waals surface area contributed by atoms with Crippen molar-refractivity contribution in [2.75, 3.05) is 0 Å². The minimum Gasteiger partial charge on any atom is -0.393 e. The van der Waals surface area contributed by atoms with Crippen LogP contribution in [0.5, 0.6) is 0 Å². The molecule has 3 saturated carbocycles. The highest BCUT2D eigenvalue weighted by atomic mass is 16.3. The Kier molecular flexibility index (Phi) is 5.82. The van der Waals surface area contributed by atoms with Crippen LogP contribution in [0.15, 0.2) is 23.8 Å². The van der Waals surface area contributed by atoms with Crippen LogP contribution in [0.4, 0.5) is 0 Å². The molecule has 3 fully saturated rings. The lowest BCUT2D eigenvalue weighted by Crippen LogP contribution is -2.65. The van der Waals surface area contributed by atoms with Gasteiger partial charge >= 0.3 is 0 Å². The van der Waals surface area contributed by atoms with E-state index in [1.165, 1.54) is 31.3 Å². The molecule has 3 N–H and O–H groups in total.